The molecule has 338 valence electrons. The molecule has 3 unspecified atom stereocenters. The summed E-state index contributed by atoms with van der Waals surface area (Å²) in [7, 11) is 0. The molecule has 6 N–H and O–H groups in total. The van der Waals surface area contributed by atoms with Gasteiger partial charge in [-0.1, -0.05) is 115 Å². The van der Waals surface area contributed by atoms with Crippen LogP contribution in [0.3, 0.4) is 0 Å². The summed E-state index contributed by atoms with van der Waals surface area (Å²) in [5, 5.41) is 15.9. The Hall–Kier alpha value is -6.96. The fourth-order valence-corrected chi connectivity index (χ4v) is 4.94. The summed E-state index contributed by atoms with van der Waals surface area (Å²) in [5.74, 6) is 5.13. The highest BCUT2D eigenvalue weighted by Crippen LogP contribution is 2.04. The van der Waals surface area contributed by atoms with Gasteiger partial charge in [-0.15, -0.1) is 19.3 Å². The molecule has 0 saturated carbocycles. The van der Waals surface area contributed by atoms with Crippen LogP contribution >= 0.6 is 0 Å². The van der Waals surface area contributed by atoms with Crippen LogP contribution in [0.5, 0.6) is 0 Å². The minimum absolute atomic E-state index is 0. The van der Waals surface area contributed by atoms with Crippen LogP contribution in [0.1, 0.15) is 56.0 Å². The van der Waals surface area contributed by atoms with Crippen molar-refractivity contribution < 1.29 is 43.0 Å². The van der Waals surface area contributed by atoms with Crippen LogP contribution in [0.4, 0.5) is 0 Å². The van der Waals surface area contributed by atoms with E-state index in [2.05, 4.69) is 49.7 Å². The van der Waals surface area contributed by atoms with Crippen LogP contribution in [-0.2, 0) is 62.6 Å². The van der Waals surface area contributed by atoms with Crippen molar-refractivity contribution in [1.82, 2.24) is 31.9 Å². The molecule has 0 bridgehead atoms. The van der Waals surface area contributed by atoms with Crippen LogP contribution in [-0.4, -0.2) is 93.2 Å². The lowest BCUT2D eigenvalue weighted by atomic mass is 10.1. The number of hydrogen-bond acceptors (Lipinski definition) is 9. The zero-order valence-electron chi connectivity index (χ0n) is 36.0. The van der Waals surface area contributed by atoms with Gasteiger partial charge in [0.1, 0.15) is 37.9 Å². The van der Waals surface area contributed by atoms with Gasteiger partial charge >= 0.3 is 0 Å². The molecule has 3 aromatic rings. The van der Waals surface area contributed by atoms with E-state index in [1.54, 1.807) is 0 Å². The lowest BCUT2D eigenvalue weighted by Gasteiger charge is -2.17. The molecule has 3 aromatic carbocycles. The molecule has 3 atom stereocenters. The van der Waals surface area contributed by atoms with E-state index in [1.807, 2.05) is 92.7 Å². The van der Waals surface area contributed by atoms with Crippen LogP contribution in [0, 0.1) is 50.9 Å². The van der Waals surface area contributed by atoms with Crippen LogP contribution in [0.25, 0.3) is 0 Å². The van der Waals surface area contributed by atoms with Gasteiger partial charge in [0.15, 0.2) is 0 Å². The smallest absolute Gasteiger partial charge is 0.245 e. The number of carbonyl (C=O) groups is 6. The van der Waals surface area contributed by atoms with E-state index in [9.17, 15) is 28.8 Å². The Morgan fingerprint density at radius 2 is 0.746 bits per heavy atom. The van der Waals surface area contributed by atoms with Gasteiger partial charge in [0, 0.05) is 40.4 Å². The number of hydrogen-bond donors (Lipinski definition) is 6. The first-order chi connectivity index (χ1) is 29.7. The fraction of sp³-hybridized carbons (Fsp3) is 0.375. The molecular weight excluding hydrogens is 805 g/mol. The van der Waals surface area contributed by atoms with Crippen molar-refractivity contribution >= 4 is 35.4 Å². The van der Waals surface area contributed by atoms with E-state index < -0.39 is 18.1 Å². The SMILES string of the molecule is C.C#CCOCC(NC(C)=O)C(=O)NCc1ccc(C)cc1.C#CCOCC(NC(C)=O)C(=O)NCc1ccc(C)cc1.C#CCOCC(NC(C)=O)C(=O)NCc1ccccc1. The zero-order valence-corrected chi connectivity index (χ0v) is 36.0. The summed E-state index contributed by atoms with van der Waals surface area (Å²) in [5.41, 5.74) is 5.26. The number of amides is 6. The van der Waals surface area contributed by atoms with E-state index in [0.717, 1.165) is 27.8 Å². The van der Waals surface area contributed by atoms with Gasteiger partial charge in [0.05, 0.1) is 19.8 Å². The third kappa shape index (κ3) is 27.5. The molecule has 0 radical (unpaired) electrons. The molecule has 6 amide bonds. The van der Waals surface area contributed by atoms with Gasteiger partial charge in [-0.2, -0.15) is 0 Å². The Kier molecular flexibility index (Phi) is 30.0. The molecule has 0 heterocycles. The first-order valence-corrected chi connectivity index (χ1v) is 19.5. The van der Waals surface area contributed by atoms with Crippen molar-refractivity contribution in [2.45, 2.75) is 79.8 Å². The maximum atomic E-state index is 12.1. The first kappa shape index (κ1) is 56.0. The zero-order chi connectivity index (χ0) is 46.1. The van der Waals surface area contributed by atoms with E-state index in [-0.39, 0.29) is 82.5 Å². The maximum absolute atomic E-state index is 12.1. The van der Waals surface area contributed by atoms with Gasteiger partial charge in [-0.05, 0) is 30.5 Å². The van der Waals surface area contributed by atoms with Crippen molar-refractivity contribution in [2.24, 2.45) is 0 Å². The highest BCUT2D eigenvalue weighted by molar-refractivity contribution is 5.88. The molecule has 0 aliphatic heterocycles. The molecule has 0 aromatic heterocycles. The summed E-state index contributed by atoms with van der Waals surface area (Å²) in [4.78, 5) is 69.4. The maximum Gasteiger partial charge on any atom is 0.245 e. The quantitative estimate of drug-likeness (QED) is 0.0688. The Labute approximate surface area is 372 Å². The summed E-state index contributed by atoms with van der Waals surface area (Å²) in [6, 6.07) is 22.9. The lowest BCUT2D eigenvalue weighted by Crippen LogP contribution is -2.48. The van der Waals surface area contributed by atoms with Gasteiger partial charge in [0.25, 0.3) is 0 Å². The van der Waals surface area contributed by atoms with Gasteiger partial charge in [0.2, 0.25) is 35.4 Å². The number of aryl methyl sites for hydroxylation is 2. The topological polar surface area (TPSA) is 202 Å². The summed E-state index contributed by atoms with van der Waals surface area (Å²) >= 11 is 0. The van der Waals surface area contributed by atoms with Gasteiger partial charge in [-0.3, -0.25) is 28.8 Å². The first-order valence-electron chi connectivity index (χ1n) is 19.5. The van der Waals surface area contributed by atoms with Crippen LogP contribution in [0.2, 0.25) is 0 Å². The van der Waals surface area contributed by atoms with E-state index in [0.29, 0.717) is 19.6 Å². The van der Waals surface area contributed by atoms with Gasteiger partial charge < -0.3 is 46.1 Å². The summed E-state index contributed by atoms with van der Waals surface area (Å²) < 4.78 is 15.4. The molecule has 3 rings (SSSR count). The highest BCUT2D eigenvalue weighted by atomic mass is 16.5. The standard InChI is InChI=1S/2C16H20N2O3.C15H18N2O3.CH4/c2*1-4-9-21-11-15(18-13(3)19)16(20)17-10-14-7-5-12(2)6-8-14;1-3-9-20-11-14(17-12(2)18)15(19)16-10-13-7-5-4-6-8-13;/h2*1,5-8,15H,9-11H2,2-3H3,(H,17,20)(H,18,19);1,4-8,14H,9-11H2,2H3,(H,16,19)(H,17,18);1H4. The predicted molar refractivity (Wildman–Crippen MR) is 243 cm³/mol. The van der Waals surface area contributed by atoms with E-state index >= 15 is 0 Å². The number of rotatable bonds is 21. The second-order valence-electron chi connectivity index (χ2n) is 13.5. The second-order valence-corrected chi connectivity index (χ2v) is 13.5. The number of nitrogens with one attached hydrogen (secondary N) is 6. The minimum Gasteiger partial charge on any atom is -0.366 e. The Balaban J connectivity index is 0.000000908. The summed E-state index contributed by atoms with van der Waals surface area (Å²) in [6.45, 7) is 9.65. The molecular formula is C48H62N6O9. The molecule has 15 heteroatoms. The molecule has 0 saturated heterocycles. The Morgan fingerprint density at radius 1 is 0.476 bits per heavy atom. The molecule has 0 fully saturated rings. The van der Waals surface area contributed by atoms with Crippen LogP contribution < -0.4 is 31.9 Å². The molecule has 0 spiro atoms. The molecule has 15 nitrogen and oxygen atoms in total. The average molecular weight is 867 g/mol. The van der Waals surface area contributed by atoms with Crippen LogP contribution in [0.15, 0.2) is 78.9 Å². The third-order valence-corrected chi connectivity index (χ3v) is 7.98. The highest BCUT2D eigenvalue weighted by Gasteiger charge is 2.21. The van der Waals surface area contributed by atoms with Crippen molar-refractivity contribution in [2.75, 3.05) is 39.6 Å². The summed E-state index contributed by atoms with van der Waals surface area (Å²) in [6.07, 6.45) is 15.2. The van der Waals surface area contributed by atoms with Crippen molar-refractivity contribution in [3.63, 3.8) is 0 Å². The van der Waals surface area contributed by atoms with Crippen molar-refractivity contribution in [3.05, 3.63) is 107 Å². The monoisotopic (exact) mass is 866 g/mol. The Bertz CT molecular complexity index is 1870. The normalized spacial score (nSPS) is 11.1. The molecule has 0 aliphatic rings. The van der Waals surface area contributed by atoms with Gasteiger partial charge in [-0.25, -0.2) is 0 Å². The molecule has 0 aliphatic carbocycles. The van der Waals surface area contributed by atoms with E-state index in [4.69, 9.17) is 33.5 Å². The van der Waals surface area contributed by atoms with Crippen molar-refractivity contribution in [3.8, 4) is 37.0 Å². The predicted octanol–water partition coefficient (Wildman–Crippen LogP) is 2.62. The average Bonchev–Trinajstić information content (AvgIpc) is 3.24. The molecule has 63 heavy (non-hydrogen) atoms. The van der Waals surface area contributed by atoms with E-state index in [1.165, 1.54) is 20.8 Å². The lowest BCUT2D eigenvalue weighted by molar-refractivity contribution is -0.129. The Morgan fingerprint density at radius 3 is 1.00 bits per heavy atom. The third-order valence-electron chi connectivity index (χ3n) is 7.98. The minimum atomic E-state index is -0.749. The second kappa shape index (κ2) is 33.7. The largest absolute Gasteiger partial charge is 0.366 e. The number of ether oxygens (including phenoxy) is 3. The van der Waals surface area contributed by atoms with Crippen molar-refractivity contribution in [1.29, 1.82) is 0 Å². The number of benzene rings is 3. The fourth-order valence-electron chi connectivity index (χ4n) is 4.94. The number of terminal acetylenes is 3. The number of carbonyl (C=O) groups excluding carboxylic acids is 6.